The van der Waals surface area contributed by atoms with Gasteiger partial charge in [0.25, 0.3) is 5.91 Å². The molecule has 1 aromatic rings. The third-order valence-electron chi connectivity index (χ3n) is 3.76. The van der Waals surface area contributed by atoms with Gasteiger partial charge in [-0.05, 0) is 37.3 Å². The summed E-state index contributed by atoms with van der Waals surface area (Å²) < 4.78 is 27.0. The van der Waals surface area contributed by atoms with E-state index in [1.54, 1.807) is 0 Å². The highest BCUT2D eigenvalue weighted by Crippen LogP contribution is 2.57. The molecule has 0 aromatic heterocycles. The Hall–Kier alpha value is -1.65. The zero-order chi connectivity index (χ0) is 12.2. The van der Waals surface area contributed by atoms with Crippen LogP contribution in [-0.4, -0.2) is 11.4 Å². The summed E-state index contributed by atoms with van der Waals surface area (Å²) in [5.41, 5.74) is 4.33. The summed E-state index contributed by atoms with van der Waals surface area (Å²) in [4.78, 5) is 11.8. The van der Waals surface area contributed by atoms with Crippen molar-refractivity contribution in [3.63, 3.8) is 0 Å². The average Bonchev–Trinajstić information content (AvgIpc) is 2.16. The number of halogens is 2. The molecule has 3 N–H and O–H groups in total. The van der Waals surface area contributed by atoms with E-state index in [2.05, 4.69) is 5.32 Å². The summed E-state index contributed by atoms with van der Waals surface area (Å²) in [6, 6.07) is 2.12. The molecule has 17 heavy (non-hydrogen) atoms. The first-order valence-electron chi connectivity index (χ1n) is 5.57. The van der Waals surface area contributed by atoms with Gasteiger partial charge in [0.15, 0.2) is 5.82 Å². The fraction of sp³-hybridized carbons (Fsp3) is 0.417. The van der Waals surface area contributed by atoms with E-state index < -0.39 is 23.1 Å². The SMILES string of the molecule is Nc1ccc(F)c(C(=O)NC23CC(C2)C3)c1F. The number of amides is 1. The summed E-state index contributed by atoms with van der Waals surface area (Å²) in [7, 11) is 0. The van der Waals surface area contributed by atoms with Crippen molar-refractivity contribution in [1.82, 2.24) is 5.32 Å². The van der Waals surface area contributed by atoms with Crippen LogP contribution in [0, 0.1) is 17.6 Å². The van der Waals surface area contributed by atoms with E-state index in [4.69, 9.17) is 5.73 Å². The summed E-state index contributed by atoms with van der Waals surface area (Å²) in [6.45, 7) is 0. The molecular formula is C12H12F2N2O. The quantitative estimate of drug-likeness (QED) is 0.772. The zero-order valence-electron chi connectivity index (χ0n) is 9.09. The number of anilines is 1. The number of hydrogen-bond donors (Lipinski definition) is 2. The molecule has 2 bridgehead atoms. The number of carbonyl (C=O) groups is 1. The molecule has 90 valence electrons. The van der Waals surface area contributed by atoms with Crippen LogP contribution >= 0.6 is 0 Å². The van der Waals surface area contributed by atoms with Crippen LogP contribution in [0.3, 0.4) is 0 Å². The van der Waals surface area contributed by atoms with Crippen LogP contribution in [0.25, 0.3) is 0 Å². The number of nitrogens with two attached hydrogens (primary N) is 1. The highest BCUT2D eigenvalue weighted by atomic mass is 19.1. The Kier molecular flexibility index (Phi) is 1.97. The van der Waals surface area contributed by atoms with E-state index in [-0.39, 0.29) is 11.2 Å². The van der Waals surface area contributed by atoms with Gasteiger partial charge in [-0.25, -0.2) is 8.78 Å². The minimum absolute atomic E-state index is 0.203. The van der Waals surface area contributed by atoms with E-state index in [1.807, 2.05) is 0 Å². The fourth-order valence-electron chi connectivity index (χ4n) is 2.71. The van der Waals surface area contributed by atoms with Gasteiger partial charge in [-0.3, -0.25) is 4.79 Å². The smallest absolute Gasteiger partial charge is 0.257 e. The van der Waals surface area contributed by atoms with Crippen molar-refractivity contribution in [2.45, 2.75) is 24.8 Å². The first-order valence-corrected chi connectivity index (χ1v) is 5.57. The largest absolute Gasteiger partial charge is 0.396 e. The molecule has 0 spiro atoms. The van der Waals surface area contributed by atoms with Crippen molar-refractivity contribution in [2.24, 2.45) is 5.92 Å². The lowest BCUT2D eigenvalue weighted by Crippen LogP contribution is -2.68. The first-order chi connectivity index (χ1) is 8.01. The van der Waals surface area contributed by atoms with E-state index >= 15 is 0 Å². The molecule has 3 fully saturated rings. The maximum atomic E-state index is 13.6. The molecule has 0 atom stereocenters. The molecule has 4 rings (SSSR count). The fourth-order valence-corrected chi connectivity index (χ4v) is 2.71. The Bertz CT molecular complexity index is 498. The highest BCUT2D eigenvalue weighted by Gasteiger charge is 2.57. The number of nitrogen functional groups attached to an aromatic ring is 1. The predicted molar refractivity (Wildman–Crippen MR) is 58.3 cm³/mol. The lowest BCUT2D eigenvalue weighted by atomic mass is 9.50. The maximum Gasteiger partial charge on any atom is 0.257 e. The Morgan fingerprint density at radius 1 is 1.35 bits per heavy atom. The van der Waals surface area contributed by atoms with Gasteiger partial charge in [0, 0.05) is 5.54 Å². The number of rotatable bonds is 2. The van der Waals surface area contributed by atoms with Crippen LogP contribution in [0.15, 0.2) is 12.1 Å². The van der Waals surface area contributed by atoms with Gasteiger partial charge < -0.3 is 11.1 Å². The van der Waals surface area contributed by atoms with Crippen molar-refractivity contribution in [3.05, 3.63) is 29.3 Å². The Balaban J connectivity index is 1.87. The van der Waals surface area contributed by atoms with Crippen LogP contribution in [0.4, 0.5) is 14.5 Å². The number of hydrogen-bond acceptors (Lipinski definition) is 2. The van der Waals surface area contributed by atoms with E-state index in [0.717, 1.165) is 31.4 Å². The van der Waals surface area contributed by atoms with E-state index in [0.29, 0.717) is 5.92 Å². The zero-order valence-corrected chi connectivity index (χ0v) is 9.09. The second-order valence-electron chi connectivity index (χ2n) is 5.04. The average molecular weight is 238 g/mol. The molecule has 3 nitrogen and oxygen atoms in total. The van der Waals surface area contributed by atoms with Crippen LogP contribution in [0.5, 0.6) is 0 Å². The minimum Gasteiger partial charge on any atom is -0.396 e. The minimum atomic E-state index is -0.978. The first kappa shape index (κ1) is 10.5. The van der Waals surface area contributed by atoms with Gasteiger partial charge in [0.05, 0.1) is 5.69 Å². The molecule has 0 aliphatic heterocycles. The molecule has 0 radical (unpaired) electrons. The van der Waals surface area contributed by atoms with Gasteiger partial charge in [0.2, 0.25) is 0 Å². The van der Waals surface area contributed by atoms with Gasteiger partial charge in [-0.15, -0.1) is 0 Å². The number of nitrogens with one attached hydrogen (secondary N) is 1. The molecule has 0 unspecified atom stereocenters. The molecule has 3 saturated carbocycles. The summed E-state index contributed by atoms with van der Waals surface area (Å²) >= 11 is 0. The monoisotopic (exact) mass is 238 g/mol. The van der Waals surface area contributed by atoms with Crippen LogP contribution in [-0.2, 0) is 0 Å². The van der Waals surface area contributed by atoms with Crippen molar-refractivity contribution in [1.29, 1.82) is 0 Å². The summed E-state index contributed by atoms with van der Waals surface area (Å²) in [5.74, 6) is -1.87. The van der Waals surface area contributed by atoms with Gasteiger partial charge >= 0.3 is 0 Å². The van der Waals surface area contributed by atoms with Crippen molar-refractivity contribution >= 4 is 11.6 Å². The van der Waals surface area contributed by atoms with E-state index in [1.165, 1.54) is 0 Å². The predicted octanol–water partition coefficient (Wildman–Crippen LogP) is 1.83. The second kappa shape index (κ2) is 3.18. The van der Waals surface area contributed by atoms with Gasteiger partial charge in [-0.1, -0.05) is 0 Å². The Labute approximate surface area is 97.0 Å². The molecule has 3 aliphatic rings. The second-order valence-corrected chi connectivity index (χ2v) is 5.04. The highest BCUT2D eigenvalue weighted by molar-refractivity contribution is 5.96. The number of carbonyl (C=O) groups excluding carboxylic acids is 1. The molecule has 3 aliphatic carbocycles. The molecule has 5 heteroatoms. The Morgan fingerprint density at radius 2 is 2.00 bits per heavy atom. The lowest BCUT2D eigenvalue weighted by molar-refractivity contribution is -0.0440. The van der Waals surface area contributed by atoms with Crippen LogP contribution < -0.4 is 11.1 Å². The third-order valence-corrected chi connectivity index (χ3v) is 3.76. The van der Waals surface area contributed by atoms with Crippen molar-refractivity contribution in [2.75, 3.05) is 5.73 Å². The van der Waals surface area contributed by atoms with Crippen molar-refractivity contribution in [3.8, 4) is 0 Å². The Morgan fingerprint density at radius 3 is 2.53 bits per heavy atom. The van der Waals surface area contributed by atoms with Crippen LogP contribution in [0.1, 0.15) is 29.6 Å². The van der Waals surface area contributed by atoms with Gasteiger partial charge in [0.1, 0.15) is 11.4 Å². The standard InChI is InChI=1S/C12H12F2N2O/c13-7-1-2-8(15)10(14)9(7)11(17)16-12-3-6(4-12)5-12/h1-2,6H,3-5,15H2,(H,16,17). The van der Waals surface area contributed by atoms with Crippen LogP contribution in [0.2, 0.25) is 0 Å². The molecule has 0 heterocycles. The summed E-state index contributed by atoms with van der Waals surface area (Å²) in [6.07, 6.45) is 2.76. The molecule has 1 amide bonds. The van der Waals surface area contributed by atoms with Crippen molar-refractivity contribution < 1.29 is 13.6 Å². The molecular weight excluding hydrogens is 226 g/mol. The molecule has 1 aromatic carbocycles. The third kappa shape index (κ3) is 1.41. The lowest BCUT2D eigenvalue weighted by Gasteiger charge is -2.61. The maximum absolute atomic E-state index is 13.6. The topological polar surface area (TPSA) is 55.1 Å². The van der Waals surface area contributed by atoms with E-state index in [9.17, 15) is 13.6 Å². The number of benzene rings is 1. The normalized spacial score (nSPS) is 29.2. The summed E-state index contributed by atoms with van der Waals surface area (Å²) in [5, 5.41) is 2.71. The van der Waals surface area contributed by atoms with Gasteiger partial charge in [-0.2, -0.15) is 0 Å². The molecule has 0 saturated heterocycles.